The Kier molecular flexibility index (Phi) is 6.87. The second kappa shape index (κ2) is 9.00. The molecule has 1 aromatic carbocycles. The van der Waals surface area contributed by atoms with E-state index in [0.29, 0.717) is 10.8 Å². The molecule has 0 aromatic heterocycles. The number of piperidine rings is 2. The average Bonchev–Trinajstić information content (AvgIpc) is 2.69. The lowest BCUT2D eigenvalue weighted by Gasteiger charge is -2.38. The molecule has 5 heteroatoms. The van der Waals surface area contributed by atoms with Crippen molar-refractivity contribution < 1.29 is 8.42 Å². The van der Waals surface area contributed by atoms with Crippen molar-refractivity contribution in [3.05, 3.63) is 42.1 Å². The lowest BCUT2D eigenvalue weighted by molar-refractivity contribution is 0.141. The molecule has 0 unspecified atom stereocenters. The number of sulfone groups is 1. The largest absolute Gasteiger partial charge is 0.376 e. The van der Waals surface area contributed by atoms with E-state index in [1.54, 1.807) is 19.9 Å². The van der Waals surface area contributed by atoms with Gasteiger partial charge < -0.3 is 9.80 Å². The minimum Gasteiger partial charge on any atom is -0.376 e. The van der Waals surface area contributed by atoms with Crippen LogP contribution in [-0.4, -0.2) is 56.2 Å². The molecule has 2 heterocycles. The van der Waals surface area contributed by atoms with Gasteiger partial charge in [-0.1, -0.05) is 18.7 Å². The standard InChI is InChI=1S/C23H36N2O2S/c1-18(2)25-14-8-20(9-15-25)17-24-12-10-21(11-13-24)22-6-5-7-23(16-22)28(26,27)19(3)4/h5-7,16,19-21H,1,8-15,17H2,2-4H3. The van der Waals surface area contributed by atoms with E-state index >= 15 is 0 Å². The maximum atomic E-state index is 12.5. The first-order chi connectivity index (χ1) is 13.3. The Balaban J connectivity index is 1.53. The van der Waals surface area contributed by atoms with Crippen molar-refractivity contribution in [2.45, 2.75) is 62.5 Å². The minimum absolute atomic E-state index is 0.374. The molecule has 0 radical (unpaired) electrons. The quantitative estimate of drug-likeness (QED) is 0.709. The first kappa shape index (κ1) is 21.4. The van der Waals surface area contributed by atoms with Crippen LogP contribution < -0.4 is 0 Å². The summed E-state index contributed by atoms with van der Waals surface area (Å²) in [6.07, 6.45) is 4.77. The van der Waals surface area contributed by atoms with E-state index in [0.717, 1.165) is 44.9 Å². The molecule has 2 aliphatic rings. The maximum Gasteiger partial charge on any atom is 0.180 e. The number of allylic oxidation sites excluding steroid dienone is 1. The molecule has 1 aromatic rings. The predicted molar refractivity (Wildman–Crippen MR) is 116 cm³/mol. The molecule has 0 spiro atoms. The van der Waals surface area contributed by atoms with E-state index in [1.807, 2.05) is 12.1 Å². The van der Waals surface area contributed by atoms with Gasteiger partial charge >= 0.3 is 0 Å². The number of benzene rings is 1. The van der Waals surface area contributed by atoms with Crippen LogP contribution in [0.3, 0.4) is 0 Å². The second-order valence-electron chi connectivity index (χ2n) is 8.91. The van der Waals surface area contributed by atoms with Crippen LogP contribution in [0.25, 0.3) is 0 Å². The lowest BCUT2D eigenvalue weighted by Crippen LogP contribution is -2.40. The van der Waals surface area contributed by atoms with E-state index in [1.165, 1.54) is 30.6 Å². The van der Waals surface area contributed by atoms with Crippen LogP contribution in [0.1, 0.15) is 57.9 Å². The monoisotopic (exact) mass is 404 g/mol. The zero-order valence-corrected chi connectivity index (χ0v) is 18.5. The highest BCUT2D eigenvalue weighted by Gasteiger charge is 2.26. The van der Waals surface area contributed by atoms with Crippen molar-refractivity contribution >= 4 is 9.84 Å². The van der Waals surface area contributed by atoms with Gasteiger partial charge in [-0.2, -0.15) is 0 Å². The summed E-state index contributed by atoms with van der Waals surface area (Å²) in [5.74, 6) is 1.27. The Bertz CT molecular complexity index is 772. The highest BCUT2D eigenvalue weighted by molar-refractivity contribution is 7.92. The van der Waals surface area contributed by atoms with Crippen LogP contribution in [0, 0.1) is 5.92 Å². The third kappa shape index (κ3) is 4.98. The van der Waals surface area contributed by atoms with E-state index in [9.17, 15) is 8.42 Å². The summed E-state index contributed by atoms with van der Waals surface area (Å²) in [6, 6.07) is 7.67. The predicted octanol–water partition coefficient (Wildman–Crippen LogP) is 4.29. The topological polar surface area (TPSA) is 40.6 Å². The van der Waals surface area contributed by atoms with E-state index in [2.05, 4.69) is 29.4 Å². The van der Waals surface area contributed by atoms with Crippen LogP contribution in [-0.2, 0) is 9.84 Å². The van der Waals surface area contributed by atoms with Gasteiger partial charge in [0.15, 0.2) is 9.84 Å². The number of nitrogens with zero attached hydrogens (tertiary/aromatic N) is 2. The van der Waals surface area contributed by atoms with Crippen LogP contribution >= 0.6 is 0 Å². The van der Waals surface area contributed by atoms with Crippen LogP contribution in [0.2, 0.25) is 0 Å². The van der Waals surface area contributed by atoms with Crippen LogP contribution in [0.5, 0.6) is 0 Å². The van der Waals surface area contributed by atoms with Gasteiger partial charge in [0.05, 0.1) is 10.1 Å². The molecular formula is C23H36N2O2S. The molecule has 0 saturated carbocycles. The molecule has 0 aliphatic carbocycles. The first-order valence-corrected chi connectivity index (χ1v) is 12.3. The number of likely N-dealkylation sites (tertiary alicyclic amines) is 2. The third-order valence-corrected chi connectivity index (χ3v) is 8.69. The fraction of sp³-hybridized carbons (Fsp3) is 0.652. The number of hydrogen-bond donors (Lipinski definition) is 0. The minimum atomic E-state index is -3.20. The van der Waals surface area contributed by atoms with Crippen LogP contribution in [0.4, 0.5) is 0 Å². The molecule has 0 bridgehead atoms. The fourth-order valence-electron chi connectivity index (χ4n) is 4.53. The first-order valence-electron chi connectivity index (χ1n) is 10.7. The highest BCUT2D eigenvalue weighted by Crippen LogP contribution is 2.31. The number of hydrogen-bond acceptors (Lipinski definition) is 4. The smallest absolute Gasteiger partial charge is 0.180 e. The summed E-state index contributed by atoms with van der Waals surface area (Å²) in [5.41, 5.74) is 2.39. The molecule has 4 nitrogen and oxygen atoms in total. The second-order valence-corrected chi connectivity index (χ2v) is 11.4. The van der Waals surface area contributed by atoms with Crippen molar-refractivity contribution in [2.75, 3.05) is 32.7 Å². The molecule has 2 aliphatic heterocycles. The Morgan fingerprint density at radius 3 is 2.32 bits per heavy atom. The average molecular weight is 405 g/mol. The summed E-state index contributed by atoms with van der Waals surface area (Å²) < 4.78 is 25.0. The summed E-state index contributed by atoms with van der Waals surface area (Å²) >= 11 is 0. The molecule has 3 rings (SSSR count). The molecule has 156 valence electrons. The summed E-state index contributed by atoms with van der Waals surface area (Å²) in [4.78, 5) is 5.50. The number of rotatable bonds is 6. The zero-order valence-electron chi connectivity index (χ0n) is 17.7. The zero-order chi connectivity index (χ0) is 20.3. The highest BCUT2D eigenvalue weighted by atomic mass is 32.2. The van der Waals surface area contributed by atoms with Crippen molar-refractivity contribution in [1.29, 1.82) is 0 Å². The summed E-state index contributed by atoms with van der Waals surface area (Å²) in [5, 5.41) is -0.374. The van der Waals surface area contributed by atoms with Crippen LogP contribution in [0.15, 0.2) is 41.4 Å². The Morgan fingerprint density at radius 1 is 1.11 bits per heavy atom. The SMILES string of the molecule is C=C(C)N1CCC(CN2CCC(c3cccc(S(=O)(=O)C(C)C)c3)CC2)CC1. The van der Waals surface area contributed by atoms with Gasteiger partial charge in [0, 0.05) is 25.3 Å². The van der Waals surface area contributed by atoms with Crippen molar-refractivity contribution in [3.8, 4) is 0 Å². The van der Waals surface area contributed by atoms with Crippen molar-refractivity contribution in [3.63, 3.8) is 0 Å². The van der Waals surface area contributed by atoms with Gasteiger partial charge in [0.2, 0.25) is 0 Å². The summed E-state index contributed by atoms with van der Waals surface area (Å²) in [7, 11) is -3.20. The molecular weight excluding hydrogens is 368 g/mol. The Labute approximate surface area is 171 Å². The van der Waals surface area contributed by atoms with Gasteiger partial charge in [-0.25, -0.2) is 8.42 Å². The van der Waals surface area contributed by atoms with Gasteiger partial charge in [0.25, 0.3) is 0 Å². The van der Waals surface area contributed by atoms with Gasteiger partial charge in [0.1, 0.15) is 0 Å². The van der Waals surface area contributed by atoms with Gasteiger partial charge in [-0.15, -0.1) is 0 Å². The van der Waals surface area contributed by atoms with Gasteiger partial charge in [-0.05, 0) is 89.1 Å². The fourth-order valence-corrected chi connectivity index (χ4v) is 5.64. The molecule has 0 N–H and O–H groups in total. The molecule has 2 fully saturated rings. The van der Waals surface area contributed by atoms with Gasteiger partial charge in [-0.3, -0.25) is 0 Å². The molecule has 2 saturated heterocycles. The maximum absolute atomic E-state index is 12.5. The van der Waals surface area contributed by atoms with Crippen molar-refractivity contribution in [1.82, 2.24) is 9.80 Å². The third-order valence-electron chi connectivity index (χ3n) is 6.54. The Morgan fingerprint density at radius 2 is 1.75 bits per heavy atom. The lowest BCUT2D eigenvalue weighted by atomic mass is 9.88. The van der Waals surface area contributed by atoms with E-state index in [4.69, 9.17) is 0 Å². The molecule has 28 heavy (non-hydrogen) atoms. The Hall–Kier alpha value is -1.33. The molecule has 0 atom stereocenters. The van der Waals surface area contributed by atoms with E-state index < -0.39 is 9.84 Å². The summed E-state index contributed by atoms with van der Waals surface area (Å²) in [6.45, 7) is 15.4. The normalized spacial score (nSPS) is 20.6. The van der Waals surface area contributed by atoms with Crippen molar-refractivity contribution in [2.24, 2.45) is 5.92 Å². The molecule has 0 amide bonds. The van der Waals surface area contributed by atoms with E-state index in [-0.39, 0.29) is 5.25 Å².